The van der Waals surface area contributed by atoms with Gasteiger partial charge in [-0.2, -0.15) is 5.10 Å². The van der Waals surface area contributed by atoms with Gasteiger partial charge >= 0.3 is 0 Å². The summed E-state index contributed by atoms with van der Waals surface area (Å²) >= 11 is 6.27. The Bertz CT molecular complexity index is 369. The van der Waals surface area contributed by atoms with E-state index in [1.807, 2.05) is 18.7 Å². The SMILES string of the molecule is CCNC(Cc1c(Cl)c(C)nn1C)C1CC1. The topological polar surface area (TPSA) is 29.9 Å². The van der Waals surface area contributed by atoms with Gasteiger partial charge in [0.15, 0.2) is 0 Å². The van der Waals surface area contributed by atoms with Crippen LogP contribution in [0.15, 0.2) is 0 Å². The molecule has 1 unspecified atom stereocenters. The van der Waals surface area contributed by atoms with Gasteiger partial charge in [0, 0.05) is 19.5 Å². The van der Waals surface area contributed by atoms with Crippen molar-refractivity contribution in [3.05, 3.63) is 16.4 Å². The van der Waals surface area contributed by atoms with E-state index in [1.54, 1.807) is 0 Å². The maximum atomic E-state index is 6.27. The number of nitrogens with one attached hydrogen (secondary N) is 1. The zero-order chi connectivity index (χ0) is 11.7. The molecule has 1 saturated carbocycles. The lowest BCUT2D eigenvalue weighted by atomic mass is 10.1. The number of nitrogens with zero attached hydrogens (tertiary/aromatic N) is 2. The molecule has 1 aromatic heterocycles. The van der Waals surface area contributed by atoms with E-state index in [2.05, 4.69) is 17.3 Å². The van der Waals surface area contributed by atoms with E-state index >= 15 is 0 Å². The van der Waals surface area contributed by atoms with Crippen molar-refractivity contribution in [3.63, 3.8) is 0 Å². The smallest absolute Gasteiger partial charge is 0.0847 e. The van der Waals surface area contributed by atoms with Crippen LogP contribution >= 0.6 is 11.6 Å². The van der Waals surface area contributed by atoms with Gasteiger partial charge in [-0.1, -0.05) is 18.5 Å². The maximum Gasteiger partial charge on any atom is 0.0847 e. The van der Waals surface area contributed by atoms with Crippen LogP contribution < -0.4 is 5.32 Å². The minimum absolute atomic E-state index is 0.567. The predicted molar refractivity (Wildman–Crippen MR) is 66.8 cm³/mol. The lowest BCUT2D eigenvalue weighted by Gasteiger charge is -2.17. The van der Waals surface area contributed by atoms with Crippen LogP contribution in [0, 0.1) is 12.8 Å². The van der Waals surface area contributed by atoms with Crippen LogP contribution in [-0.2, 0) is 13.5 Å². The van der Waals surface area contributed by atoms with Gasteiger partial charge in [0.1, 0.15) is 0 Å². The summed E-state index contributed by atoms with van der Waals surface area (Å²) in [5.74, 6) is 0.839. The summed E-state index contributed by atoms with van der Waals surface area (Å²) in [7, 11) is 1.98. The normalized spacial score (nSPS) is 17.8. The summed E-state index contributed by atoms with van der Waals surface area (Å²) in [5.41, 5.74) is 2.10. The van der Waals surface area contributed by atoms with Crippen LogP contribution in [0.3, 0.4) is 0 Å². The second-order valence-electron chi connectivity index (χ2n) is 4.68. The predicted octanol–water partition coefficient (Wildman–Crippen LogP) is 2.31. The van der Waals surface area contributed by atoms with E-state index in [-0.39, 0.29) is 0 Å². The summed E-state index contributed by atoms with van der Waals surface area (Å²) in [5, 5.41) is 8.76. The number of hydrogen-bond acceptors (Lipinski definition) is 2. The molecule has 16 heavy (non-hydrogen) atoms. The van der Waals surface area contributed by atoms with Crippen molar-refractivity contribution in [2.45, 2.75) is 39.2 Å². The molecular formula is C12H20ClN3. The molecule has 1 aromatic rings. The van der Waals surface area contributed by atoms with Crippen molar-refractivity contribution in [2.75, 3.05) is 6.54 Å². The van der Waals surface area contributed by atoms with E-state index in [1.165, 1.54) is 12.8 Å². The Hall–Kier alpha value is -0.540. The van der Waals surface area contributed by atoms with Crippen molar-refractivity contribution >= 4 is 11.6 Å². The fraction of sp³-hybridized carbons (Fsp3) is 0.750. The highest BCUT2D eigenvalue weighted by Gasteiger charge is 2.31. The van der Waals surface area contributed by atoms with E-state index in [9.17, 15) is 0 Å². The van der Waals surface area contributed by atoms with Crippen molar-refractivity contribution in [1.29, 1.82) is 0 Å². The Morgan fingerprint density at radius 2 is 2.25 bits per heavy atom. The second kappa shape index (κ2) is 4.76. The van der Waals surface area contributed by atoms with Gasteiger partial charge in [-0.3, -0.25) is 4.68 Å². The highest BCUT2D eigenvalue weighted by atomic mass is 35.5. The summed E-state index contributed by atoms with van der Waals surface area (Å²) in [6, 6.07) is 0.567. The zero-order valence-corrected chi connectivity index (χ0v) is 11.0. The molecule has 1 N–H and O–H groups in total. The van der Waals surface area contributed by atoms with Gasteiger partial charge < -0.3 is 5.32 Å². The minimum Gasteiger partial charge on any atom is -0.314 e. The highest BCUT2D eigenvalue weighted by Crippen LogP contribution is 2.35. The molecule has 90 valence electrons. The molecule has 1 atom stereocenters. The third kappa shape index (κ3) is 2.41. The Balaban J connectivity index is 2.11. The Morgan fingerprint density at radius 3 is 2.69 bits per heavy atom. The standard InChI is InChI=1S/C12H20ClN3/c1-4-14-10(9-5-6-9)7-11-12(13)8(2)15-16(11)3/h9-10,14H,4-7H2,1-3H3. The first-order valence-electron chi connectivity index (χ1n) is 6.04. The average molecular weight is 242 g/mol. The molecule has 1 aliphatic carbocycles. The van der Waals surface area contributed by atoms with Gasteiger partial charge in [0.2, 0.25) is 0 Å². The first kappa shape index (κ1) is 11.9. The van der Waals surface area contributed by atoms with Crippen molar-refractivity contribution in [2.24, 2.45) is 13.0 Å². The van der Waals surface area contributed by atoms with Gasteiger partial charge in [-0.25, -0.2) is 0 Å². The van der Waals surface area contributed by atoms with E-state index in [0.717, 1.165) is 35.3 Å². The summed E-state index contributed by atoms with van der Waals surface area (Å²) in [6.45, 7) is 5.15. The number of hydrogen-bond donors (Lipinski definition) is 1. The Kier molecular flexibility index (Phi) is 3.55. The van der Waals surface area contributed by atoms with Crippen LogP contribution in [0.25, 0.3) is 0 Å². The molecule has 3 nitrogen and oxygen atoms in total. The molecule has 0 aliphatic heterocycles. The average Bonchev–Trinajstić information content (AvgIpc) is 3.03. The second-order valence-corrected chi connectivity index (χ2v) is 5.05. The van der Waals surface area contributed by atoms with E-state index < -0.39 is 0 Å². The molecular weight excluding hydrogens is 222 g/mol. The Labute approximate surface area is 102 Å². The molecule has 0 bridgehead atoms. The zero-order valence-electron chi connectivity index (χ0n) is 10.3. The van der Waals surface area contributed by atoms with Gasteiger partial charge in [-0.05, 0) is 32.2 Å². The molecule has 0 radical (unpaired) electrons. The fourth-order valence-corrected chi connectivity index (χ4v) is 2.51. The third-order valence-electron chi connectivity index (χ3n) is 3.33. The monoisotopic (exact) mass is 241 g/mol. The lowest BCUT2D eigenvalue weighted by molar-refractivity contribution is 0.460. The van der Waals surface area contributed by atoms with Crippen LogP contribution in [0.4, 0.5) is 0 Å². The molecule has 2 rings (SSSR count). The van der Waals surface area contributed by atoms with Crippen LogP contribution in [0.2, 0.25) is 5.02 Å². The van der Waals surface area contributed by atoms with Crippen LogP contribution in [0.1, 0.15) is 31.2 Å². The van der Waals surface area contributed by atoms with E-state index in [0.29, 0.717) is 6.04 Å². The van der Waals surface area contributed by atoms with Crippen molar-refractivity contribution in [3.8, 4) is 0 Å². The number of likely N-dealkylation sites (N-methyl/N-ethyl adjacent to an activating group) is 1. The summed E-state index contributed by atoms with van der Waals surface area (Å²) < 4.78 is 1.92. The first-order valence-corrected chi connectivity index (χ1v) is 6.42. The quantitative estimate of drug-likeness (QED) is 0.858. The Morgan fingerprint density at radius 1 is 1.56 bits per heavy atom. The van der Waals surface area contributed by atoms with Crippen LogP contribution in [0.5, 0.6) is 0 Å². The molecule has 0 aromatic carbocycles. The van der Waals surface area contributed by atoms with Crippen LogP contribution in [-0.4, -0.2) is 22.4 Å². The molecule has 1 fully saturated rings. The molecule has 0 spiro atoms. The number of aryl methyl sites for hydroxylation is 2. The van der Waals surface area contributed by atoms with Gasteiger partial charge in [0.25, 0.3) is 0 Å². The summed E-state index contributed by atoms with van der Waals surface area (Å²) in [4.78, 5) is 0. The largest absolute Gasteiger partial charge is 0.314 e. The van der Waals surface area contributed by atoms with E-state index in [4.69, 9.17) is 11.6 Å². The molecule has 1 heterocycles. The maximum absolute atomic E-state index is 6.27. The number of rotatable bonds is 5. The van der Waals surface area contributed by atoms with Gasteiger partial charge in [0.05, 0.1) is 16.4 Å². The first-order chi connectivity index (χ1) is 7.63. The lowest BCUT2D eigenvalue weighted by Crippen LogP contribution is -2.33. The minimum atomic E-state index is 0.567. The number of halogens is 1. The molecule has 1 aliphatic rings. The van der Waals surface area contributed by atoms with Crippen molar-refractivity contribution < 1.29 is 0 Å². The number of aromatic nitrogens is 2. The summed E-state index contributed by atoms with van der Waals surface area (Å²) in [6.07, 6.45) is 3.70. The molecule has 4 heteroatoms. The molecule has 0 saturated heterocycles. The van der Waals surface area contributed by atoms with Crippen molar-refractivity contribution in [1.82, 2.24) is 15.1 Å². The molecule has 0 amide bonds. The fourth-order valence-electron chi connectivity index (χ4n) is 2.28. The van der Waals surface area contributed by atoms with Gasteiger partial charge in [-0.15, -0.1) is 0 Å². The third-order valence-corrected chi connectivity index (χ3v) is 3.82. The highest BCUT2D eigenvalue weighted by molar-refractivity contribution is 6.31.